The van der Waals surface area contributed by atoms with Crippen LogP contribution in [0, 0.1) is 0 Å². The first kappa shape index (κ1) is 24.2. The van der Waals surface area contributed by atoms with E-state index in [9.17, 15) is 14.4 Å². The van der Waals surface area contributed by atoms with Gasteiger partial charge in [-0.2, -0.15) is 0 Å². The molecule has 0 aromatic heterocycles. The molecule has 0 radical (unpaired) electrons. The molecule has 0 fully saturated rings. The molecule has 2 aliphatic rings. The maximum Gasteiger partial charge on any atom is 0.258 e. The predicted octanol–water partition coefficient (Wildman–Crippen LogP) is 3.76. The molecule has 0 saturated heterocycles. The maximum atomic E-state index is 13.0. The number of nitrogens with one attached hydrogen (secondary N) is 3. The van der Waals surface area contributed by atoms with Crippen molar-refractivity contribution < 1.29 is 14.4 Å². The Morgan fingerprint density at radius 2 is 1.30 bits per heavy atom. The second kappa shape index (κ2) is 9.87. The van der Waals surface area contributed by atoms with Gasteiger partial charge in [0.2, 0.25) is 0 Å². The summed E-state index contributed by atoms with van der Waals surface area (Å²) in [6.07, 6.45) is 0.656. The van der Waals surface area contributed by atoms with Crippen LogP contribution >= 0.6 is 0 Å². The third-order valence-corrected chi connectivity index (χ3v) is 6.68. The molecule has 2 aliphatic heterocycles. The number of benzene rings is 3. The fourth-order valence-electron chi connectivity index (χ4n) is 4.72. The largest absolute Gasteiger partial charge is 0.337 e. The quantitative estimate of drug-likeness (QED) is 0.438. The highest BCUT2D eigenvalue weighted by Crippen LogP contribution is 2.37. The molecular formula is C30H28N4O3. The standard InChI is InChI=1S/C30H28N4O3/c1-4-23(34(2)3)31-28(35)22-12-8-11-21(17-22)27-25-24(29(36)33-27)26(32-30(25)37)20-15-13-19(14-16-20)18-9-6-5-7-10-18/h5-17,23H,4H2,1-3H3,(H,31,35)(H,32,37)(H,33,36). The summed E-state index contributed by atoms with van der Waals surface area (Å²) in [6.45, 7) is 2.00. The first-order valence-corrected chi connectivity index (χ1v) is 12.2. The van der Waals surface area contributed by atoms with Crippen LogP contribution in [-0.4, -0.2) is 42.9 Å². The number of hydrogen-bond donors (Lipinski definition) is 3. The normalized spacial score (nSPS) is 15.6. The molecule has 186 valence electrons. The summed E-state index contributed by atoms with van der Waals surface area (Å²) in [5.41, 5.74) is 5.43. The van der Waals surface area contributed by atoms with Crippen molar-refractivity contribution >= 4 is 29.1 Å². The van der Waals surface area contributed by atoms with Gasteiger partial charge >= 0.3 is 0 Å². The van der Waals surface area contributed by atoms with Crippen molar-refractivity contribution in [3.8, 4) is 11.1 Å². The smallest absolute Gasteiger partial charge is 0.258 e. The maximum absolute atomic E-state index is 13.0. The number of nitrogens with zero attached hydrogens (tertiary/aromatic N) is 1. The van der Waals surface area contributed by atoms with Crippen LogP contribution in [0.2, 0.25) is 0 Å². The van der Waals surface area contributed by atoms with Gasteiger partial charge in [0.05, 0.1) is 28.7 Å². The lowest BCUT2D eigenvalue weighted by Gasteiger charge is -2.24. The molecule has 0 aliphatic carbocycles. The highest BCUT2D eigenvalue weighted by Gasteiger charge is 2.40. The first-order valence-electron chi connectivity index (χ1n) is 12.2. The van der Waals surface area contributed by atoms with Gasteiger partial charge < -0.3 is 16.0 Å². The van der Waals surface area contributed by atoms with Gasteiger partial charge in [-0.3, -0.25) is 19.3 Å². The third-order valence-electron chi connectivity index (χ3n) is 6.68. The second-order valence-corrected chi connectivity index (χ2v) is 9.29. The van der Waals surface area contributed by atoms with E-state index in [1.165, 1.54) is 0 Å². The minimum absolute atomic E-state index is 0.102. The van der Waals surface area contributed by atoms with Crippen molar-refractivity contribution in [3.05, 3.63) is 107 Å². The van der Waals surface area contributed by atoms with Gasteiger partial charge in [0, 0.05) is 5.56 Å². The van der Waals surface area contributed by atoms with E-state index in [1.807, 2.05) is 80.5 Å². The molecule has 5 rings (SSSR count). The van der Waals surface area contributed by atoms with Crippen molar-refractivity contribution in [1.82, 2.24) is 20.9 Å². The van der Waals surface area contributed by atoms with E-state index in [2.05, 4.69) is 16.0 Å². The zero-order valence-corrected chi connectivity index (χ0v) is 21.0. The molecule has 3 aromatic carbocycles. The monoisotopic (exact) mass is 492 g/mol. The Labute approximate surface area is 215 Å². The molecule has 7 nitrogen and oxygen atoms in total. The van der Waals surface area contributed by atoms with Crippen molar-refractivity contribution in [1.29, 1.82) is 0 Å². The molecule has 3 N–H and O–H groups in total. The van der Waals surface area contributed by atoms with E-state index < -0.39 is 0 Å². The number of fused-ring (bicyclic) bond motifs is 1. The summed E-state index contributed by atoms with van der Waals surface area (Å²) in [7, 11) is 3.82. The Morgan fingerprint density at radius 3 is 1.89 bits per heavy atom. The minimum Gasteiger partial charge on any atom is -0.337 e. The second-order valence-electron chi connectivity index (χ2n) is 9.29. The molecule has 7 heteroatoms. The highest BCUT2D eigenvalue weighted by atomic mass is 16.2. The SMILES string of the molecule is CCC(NC(=O)c1cccc(C2=C3C(=O)NC(c4ccc(-c5ccccc5)cc4)=C3C(=O)N2)c1)N(C)C. The van der Waals surface area contributed by atoms with Crippen molar-refractivity contribution in [2.75, 3.05) is 14.1 Å². The predicted molar refractivity (Wildman–Crippen MR) is 144 cm³/mol. The summed E-state index contributed by atoms with van der Waals surface area (Å²) in [6, 6.07) is 24.7. The summed E-state index contributed by atoms with van der Waals surface area (Å²) in [5.74, 6) is -0.916. The summed E-state index contributed by atoms with van der Waals surface area (Å²) in [4.78, 5) is 40.9. The van der Waals surface area contributed by atoms with E-state index in [-0.39, 0.29) is 23.9 Å². The van der Waals surface area contributed by atoms with Crippen molar-refractivity contribution in [2.45, 2.75) is 19.5 Å². The van der Waals surface area contributed by atoms with Gasteiger partial charge in [0.15, 0.2) is 0 Å². The molecule has 37 heavy (non-hydrogen) atoms. The van der Waals surface area contributed by atoms with E-state index in [0.29, 0.717) is 33.7 Å². The average molecular weight is 493 g/mol. The third kappa shape index (κ3) is 4.57. The Kier molecular flexibility index (Phi) is 6.46. The molecule has 1 unspecified atom stereocenters. The molecule has 0 saturated carbocycles. The van der Waals surface area contributed by atoms with Gasteiger partial charge in [-0.15, -0.1) is 0 Å². The molecule has 3 aromatic rings. The van der Waals surface area contributed by atoms with Gasteiger partial charge in [-0.25, -0.2) is 0 Å². The number of carbonyl (C=O) groups excluding carboxylic acids is 3. The minimum atomic E-state index is -0.348. The molecule has 0 spiro atoms. The topological polar surface area (TPSA) is 90.5 Å². The highest BCUT2D eigenvalue weighted by molar-refractivity contribution is 6.30. The van der Waals surface area contributed by atoms with Crippen molar-refractivity contribution in [3.63, 3.8) is 0 Å². The molecule has 2 heterocycles. The van der Waals surface area contributed by atoms with Crippen LogP contribution in [0.5, 0.6) is 0 Å². The average Bonchev–Trinajstić information content (AvgIpc) is 3.45. The number of hydrogen-bond acceptors (Lipinski definition) is 4. The lowest BCUT2D eigenvalue weighted by atomic mass is 9.99. The Bertz CT molecular complexity index is 1450. The van der Waals surface area contributed by atoms with Crippen LogP contribution in [0.15, 0.2) is 90.0 Å². The lowest BCUT2D eigenvalue weighted by Crippen LogP contribution is -2.44. The van der Waals surface area contributed by atoms with Crippen LogP contribution in [-0.2, 0) is 9.59 Å². The van der Waals surface area contributed by atoms with E-state index >= 15 is 0 Å². The molecular weight excluding hydrogens is 464 g/mol. The number of amides is 3. The van der Waals surface area contributed by atoms with Gasteiger partial charge in [0.1, 0.15) is 0 Å². The fraction of sp³-hybridized carbons (Fsp3) is 0.167. The van der Waals surface area contributed by atoms with Crippen molar-refractivity contribution in [2.24, 2.45) is 0 Å². The van der Waals surface area contributed by atoms with Crippen LogP contribution in [0.3, 0.4) is 0 Å². The van der Waals surface area contributed by atoms with Gasteiger partial charge in [-0.1, -0.05) is 73.7 Å². The Morgan fingerprint density at radius 1 is 0.757 bits per heavy atom. The first-order chi connectivity index (χ1) is 17.9. The lowest BCUT2D eigenvalue weighted by molar-refractivity contribution is -0.117. The van der Waals surface area contributed by atoms with Crippen LogP contribution in [0.1, 0.15) is 34.8 Å². The molecule has 0 bridgehead atoms. The van der Waals surface area contributed by atoms with Crippen LogP contribution in [0.4, 0.5) is 0 Å². The van der Waals surface area contributed by atoms with Crippen LogP contribution < -0.4 is 16.0 Å². The number of carbonyl (C=O) groups is 3. The Balaban J connectivity index is 1.48. The van der Waals surface area contributed by atoms with Gasteiger partial charge in [0.25, 0.3) is 17.7 Å². The summed E-state index contributed by atoms with van der Waals surface area (Å²) >= 11 is 0. The van der Waals surface area contributed by atoms with E-state index in [4.69, 9.17) is 0 Å². The van der Waals surface area contributed by atoms with E-state index in [0.717, 1.165) is 23.1 Å². The fourth-order valence-corrected chi connectivity index (χ4v) is 4.72. The zero-order chi connectivity index (χ0) is 26.1. The van der Waals surface area contributed by atoms with E-state index in [1.54, 1.807) is 24.3 Å². The molecule has 3 amide bonds. The summed E-state index contributed by atoms with van der Waals surface area (Å²) < 4.78 is 0. The van der Waals surface area contributed by atoms with Crippen LogP contribution in [0.25, 0.3) is 22.5 Å². The number of rotatable bonds is 7. The zero-order valence-electron chi connectivity index (χ0n) is 21.0. The molecule has 1 atom stereocenters. The summed E-state index contributed by atoms with van der Waals surface area (Å²) in [5, 5.41) is 8.74. The Hall–Kier alpha value is -4.49. The van der Waals surface area contributed by atoms with Gasteiger partial charge in [-0.05, 0) is 54.9 Å².